The van der Waals surface area contributed by atoms with Crippen LogP contribution >= 0.6 is 23.2 Å². The summed E-state index contributed by atoms with van der Waals surface area (Å²) in [4.78, 5) is 20.2. The highest BCUT2D eigenvalue weighted by atomic mass is 35.5. The van der Waals surface area contributed by atoms with E-state index in [1.807, 2.05) is 30.3 Å². The molecule has 3 aliphatic heterocycles. The minimum Gasteiger partial charge on any atom is -0.456 e. The molecule has 5 atom stereocenters. The van der Waals surface area contributed by atoms with Crippen LogP contribution in [0, 0.1) is 11.8 Å². The number of nitrogens with zero attached hydrogens (tertiary/aromatic N) is 2. The Balaban J connectivity index is 1.49. The Kier molecular flexibility index (Phi) is 6.42. The minimum atomic E-state index is -0.403. The first-order valence-electron chi connectivity index (χ1n) is 11.4. The Morgan fingerprint density at radius 1 is 1.18 bits per heavy atom. The van der Waals surface area contributed by atoms with Gasteiger partial charge >= 0.3 is 5.97 Å². The maximum Gasteiger partial charge on any atom is 0.311 e. The zero-order chi connectivity index (χ0) is 22.9. The monoisotopic (exact) mass is 480 g/mol. The minimum absolute atomic E-state index is 0.0312. The first-order valence-corrected chi connectivity index (χ1v) is 12.1. The first kappa shape index (κ1) is 22.4. The molecule has 1 unspecified atom stereocenters. The lowest BCUT2D eigenvalue weighted by molar-refractivity contribution is -0.156. The van der Waals surface area contributed by atoms with Crippen LogP contribution in [0.2, 0.25) is 10.0 Å². The number of carbonyl (C=O) groups excluding carboxylic acids is 1. The van der Waals surface area contributed by atoms with E-state index in [1.54, 1.807) is 24.4 Å². The van der Waals surface area contributed by atoms with E-state index >= 15 is 0 Å². The van der Waals surface area contributed by atoms with Gasteiger partial charge in [0.05, 0.1) is 18.0 Å². The Labute approximate surface area is 204 Å². The van der Waals surface area contributed by atoms with Crippen molar-refractivity contribution in [2.24, 2.45) is 11.8 Å². The van der Waals surface area contributed by atoms with E-state index < -0.39 is 6.10 Å². The van der Waals surface area contributed by atoms with Crippen LogP contribution in [0.4, 0.5) is 0 Å². The predicted octanol–water partition coefficient (Wildman–Crippen LogP) is 6.27. The molecule has 4 heterocycles. The highest BCUT2D eigenvalue weighted by Gasteiger charge is 2.44. The molecule has 2 aromatic carbocycles. The van der Waals surface area contributed by atoms with Gasteiger partial charge < -0.3 is 4.74 Å². The van der Waals surface area contributed by atoms with Gasteiger partial charge in [0, 0.05) is 39.3 Å². The van der Waals surface area contributed by atoms with Crippen LogP contribution in [0.15, 0.2) is 67.4 Å². The molecule has 33 heavy (non-hydrogen) atoms. The van der Waals surface area contributed by atoms with Gasteiger partial charge in [-0.15, -0.1) is 6.58 Å². The quantitative estimate of drug-likeness (QED) is 0.308. The molecule has 170 valence electrons. The van der Waals surface area contributed by atoms with Crippen LogP contribution in [0.1, 0.15) is 30.1 Å². The average molecular weight is 481 g/mol. The van der Waals surface area contributed by atoms with Crippen LogP contribution < -0.4 is 0 Å². The fourth-order valence-electron chi connectivity index (χ4n) is 5.44. The number of ether oxygens (including phenoxy) is 1. The summed E-state index contributed by atoms with van der Waals surface area (Å²) < 4.78 is 6.27. The van der Waals surface area contributed by atoms with Gasteiger partial charge in [-0.1, -0.05) is 53.5 Å². The number of hydrogen-bond donors (Lipinski definition) is 0. The van der Waals surface area contributed by atoms with E-state index in [4.69, 9.17) is 27.9 Å². The standard InChI is InChI=1S/C27H26Cl2N2O2/c1-2-17-16-31-13-11-18(17)14-25(31)27(20-10-12-30-24-9-4-3-6-19(20)24)33-26(32)15-21-22(28)7-5-8-23(21)29/h2-10,12,17-18,25,27H,1,11,13-16H2/t17-,18+,25-,27+/m0/s1. The summed E-state index contributed by atoms with van der Waals surface area (Å²) in [6.07, 6.45) is 5.63. The maximum atomic E-state index is 13.2. The third-order valence-electron chi connectivity index (χ3n) is 7.13. The summed E-state index contributed by atoms with van der Waals surface area (Å²) in [5.41, 5.74) is 2.48. The third kappa shape index (κ3) is 4.40. The number of rotatable bonds is 6. The summed E-state index contributed by atoms with van der Waals surface area (Å²) in [5, 5.41) is 1.95. The fraction of sp³-hybridized carbons (Fsp3) is 0.333. The normalized spacial score (nSPS) is 25.0. The van der Waals surface area contributed by atoms with Gasteiger partial charge in [-0.3, -0.25) is 14.7 Å². The summed E-state index contributed by atoms with van der Waals surface area (Å²) in [6.45, 7) is 6.00. The average Bonchev–Trinajstić information content (AvgIpc) is 2.85. The van der Waals surface area contributed by atoms with Crippen molar-refractivity contribution >= 4 is 40.1 Å². The number of esters is 1. The van der Waals surface area contributed by atoms with Crippen molar-refractivity contribution in [1.82, 2.24) is 9.88 Å². The SMILES string of the molecule is C=C[C@H]1CN2CC[C@@H]1C[C@H]2[C@H](OC(=O)Cc1c(Cl)cccc1Cl)c1ccnc2ccccc12. The third-order valence-corrected chi connectivity index (χ3v) is 7.84. The molecule has 6 rings (SSSR count). The molecule has 3 aliphatic rings. The lowest BCUT2D eigenvalue weighted by Crippen LogP contribution is -2.55. The molecule has 6 heteroatoms. The zero-order valence-corrected chi connectivity index (χ0v) is 19.8. The van der Waals surface area contributed by atoms with E-state index in [9.17, 15) is 4.79 Å². The number of hydrogen-bond acceptors (Lipinski definition) is 4. The molecule has 0 aliphatic carbocycles. The van der Waals surface area contributed by atoms with Crippen molar-refractivity contribution in [3.8, 4) is 0 Å². The second kappa shape index (κ2) is 9.46. The predicted molar refractivity (Wildman–Crippen MR) is 133 cm³/mol. The molecular weight excluding hydrogens is 455 g/mol. The van der Waals surface area contributed by atoms with E-state index in [1.165, 1.54) is 0 Å². The van der Waals surface area contributed by atoms with Crippen molar-refractivity contribution < 1.29 is 9.53 Å². The van der Waals surface area contributed by atoms with Crippen LogP contribution in [0.3, 0.4) is 0 Å². The Hall–Kier alpha value is -2.40. The zero-order valence-electron chi connectivity index (χ0n) is 18.3. The number of piperidine rings is 3. The molecule has 4 nitrogen and oxygen atoms in total. The Morgan fingerprint density at radius 3 is 2.70 bits per heavy atom. The molecule has 0 radical (unpaired) electrons. The van der Waals surface area contributed by atoms with Gasteiger partial charge in [-0.25, -0.2) is 0 Å². The second-order valence-electron chi connectivity index (χ2n) is 8.95. The number of aromatic nitrogens is 1. The number of benzene rings is 2. The molecule has 3 aromatic rings. The summed E-state index contributed by atoms with van der Waals surface area (Å²) in [5.74, 6) is 0.714. The lowest BCUT2D eigenvalue weighted by Gasteiger charge is -2.51. The van der Waals surface area contributed by atoms with E-state index in [0.717, 1.165) is 42.4 Å². The van der Waals surface area contributed by atoms with Gasteiger partial charge in [0.25, 0.3) is 0 Å². The van der Waals surface area contributed by atoms with E-state index in [2.05, 4.69) is 22.5 Å². The summed E-state index contributed by atoms with van der Waals surface area (Å²) in [7, 11) is 0. The molecule has 1 aromatic heterocycles. The summed E-state index contributed by atoms with van der Waals surface area (Å²) >= 11 is 12.6. The van der Waals surface area contributed by atoms with Crippen LogP contribution in [-0.4, -0.2) is 35.0 Å². The van der Waals surface area contributed by atoms with Crippen LogP contribution in [-0.2, 0) is 16.0 Å². The smallest absolute Gasteiger partial charge is 0.311 e. The van der Waals surface area contributed by atoms with E-state index in [0.29, 0.717) is 27.4 Å². The topological polar surface area (TPSA) is 42.4 Å². The van der Waals surface area contributed by atoms with Crippen LogP contribution in [0.5, 0.6) is 0 Å². The van der Waals surface area contributed by atoms with Crippen LogP contribution in [0.25, 0.3) is 10.9 Å². The first-order chi connectivity index (χ1) is 16.0. The molecule has 0 saturated carbocycles. The maximum absolute atomic E-state index is 13.2. The molecule has 0 N–H and O–H groups in total. The highest BCUT2D eigenvalue weighted by molar-refractivity contribution is 6.36. The molecule has 0 amide bonds. The Bertz CT molecular complexity index is 1170. The highest BCUT2D eigenvalue weighted by Crippen LogP contribution is 2.43. The fourth-order valence-corrected chi connectivity index (χ4v) is 5.97. The number of halogens is 2. The number of carbonyl (C=O) groups is 1. The lowest BCUT2D eigenvalue weighted by atomic mass is 9.73. The number of fused-ring (bicyclic) bond motifs is 4. The van der Waals surface area contributed by atoms with Crippen molar-refractivity contribution in [1.29, 1.82) is 0 Å². The van der Waals surface area contributed by atoms with Gasteiger partial charge in [0.15, 0.2) is 0 Å². The van der Waals surface area contributed by atoms with Gasteiger partial charge in [-0.2, -0.15) is 0 Å². The molecule has 2 bridgehead atoms. The Morgan fingerprint density at radius 2 is 1.97 bits per heavy atom. The largest absolute Gasteiger partial charge is 0.456 e. The summed E-state index contributed by atoms with van der Waals surface area (Å²) in [6, 6.07) is 15.4. The van der Waals surface area contributed by atoms with Crippen molar-refractivity contribution in [2.75, 3.05) is 13.1 Å². The molecule has 3 fully saturated rings. The van der Waals surface area contributed by atoms with Gasteiger partial charge in [0.2, 0.25) is 0 Å². The molecule has 3 saturated heterocycles. The van der Waals surface area contributed by atoms with Gasteiger partial charge in [-0.05, 0) is 55.5 Å². The molecule has 0 spiro atoms. The second-order valence-corrected chi connectivity index (χ2v) is 9.77. The van der Waals surface area contributed by atoms with Gasteiger partial charge in [0.1, 0.15) is 6.10 Å². The molecular formula is C27H26Cl2N2O2. The number of para-hydroxylation sites is 1. The van der Waals surface area contributed by atoms with Crippen molar-refractivity contribution in [3.05, 3.63) is 88.6 Å². The van der Waals surface area contributed by atoms with Crippen molar-refractivity contribution in [3.63, 3.8) is 0 Å². The number of pyridine rings is 1. The van der Waals surface area contributed by atoms with E-state index in [-0.39, 0.29) is 18.4 Å². The van der Waals surface area contributed by atoms with Crippen molar-refractivity contribution in [2.45, 2.75) is 31.4 Å².